The van der Waals surface area contributed by atoms with E-state index in [1.807, 2.05) is 20.8 Å². The van der Waals surface area contributed by atoms with Crippen molar-refractivity contribution in [1.82, 2.24) is 15.0 Å². The highest BCUT2D eigenvalue weighted by molar-refractivity contribution is 7.90. The van der Waals surface area contributed by atoms with Crippen LogP contribution in [-0.2, 0) is 20.2 Å². The molecule has 0 aliphatic carbocycles. The first-order valence-electron chi connectivity index (χ1n) is 14.1. The highest BCUT2D eigenvalue weighted by atomic mass is 35.5. The van der Waals surface area contributed by atoms with Crippen LogP contribution in [0.4, 0.5) is 0 Å². The zero-order valence-electron chi connectivity index (χ0n) is 25.8. The second-order valence-corrected chi connectivity index (χ2v) is 12.6. The molecule has 1 unspecified atom stereocenters. The van der Waals surface area contributed by atoms with Crippen LogP contribution in [0.5, 0.6) is 23.1 Å². The van der Waals surface area contributed by atoms with Crippen molar-refractivity contribution in [3.05, 3.63) is 114 Å². The predicted molar refractivity (Wildman–Crippen MR) is 164 cm³/mol. The molecule has 14 heteroatoms. The Labute approximate surface area is 277 Å². The molecule has 244 valence electrons. The van der Waals surface area contributed by atoms with E-state index in [4.69, 9.17) is 14.2 Å². The number of hydrogen-bond donors (Lipinski definition) is 1. The predicted octanol–water partition coefficient (Wildman–Crippen LogP) is 0.548. The van der Waals surface area contributed by atoms with E-state index in [-0.39, 0.29) is 62.8 Å². The highest BCUT2D eigenvalue weighted by Gasteiger charge is 2.29. The molecule has 5 rings (SSSR count). The first-order chi connectivity index (χ1) is 22.0. The number of aliphatic carboxylic acids is 1. The van der Waals surface area contributed by atoms with Crippen molar-refractivity contribution in [2.75, 3.05) is 7.11 Å². The largest absolute Gasteiger partial charge is 1.00 e. The van der Waals surface area contributed by atoms with Gasteiger partial charge in [-0.05, 0) is 46.9 Å². The maximum absolute atomic E-state index is 13.7. The molecule has 5 aromatic rings. The summed E-state index contributed by atoms with van der Waals surface area (Å²) in [5.41, 5.74) is 0.645. The van der Waals surface area contributed by atoms with E-state index < -0.39 is 22.1 Å². The van der Waals surface area contributed by atoms with Crippen molar-refractivity contribution in [1.29, 1.82) is 0 Å². The molecule has 3 aromatic carbocycles. The van der Waals surface area contributed by atoms with Gasteiger partial charge in [-0.15, -0.1) is 4.40 Å². The number of methoxy groups -OCH3 is 1. The van der Waals surface area contributed by atoms with Gasteiger partial charge in [0.2, 0.25) is 5.82 Å². The Morgan fingerprint density at radius 2 is 1.53 bits per heavy atom. The van der Waals surface area contributed by atoms with Gasteiger partial charge in [0, 0.05) is 12.4 Å². The van der Waals surface area contributed by atoms with Gasteiger partial charge in [-0.3, -0.25) is 0 Å². The fraction of sp³-hybridized carbons (Fsp3) is 0.182. The van der Waals surface area contributed by atoms with E-state index in [0.29, 0.717) is 5.75 Å². The van der Waals surface area contributed by atoms with E-state index in [9.17, 15) is 18.3 Å². The number of hydrogen-bond acceptors (Lipinski definition) is 9. The molecule has 2 N–H and O–H groups in total. The van der Waals surface area contributed by atoms with Crippen LogP contribution in [-0.4, -0.2) is 36.4 Å². The van der Waals surface area contributed by atoms with Crippen LogP contribution in [0.25, 0.3) is 11.6 Å². The molecule has 0 radical (unpaired) electrons. The number of rotatable bonds is 10. The zero-order valence-corrected chi connectivity index (χ0v) is 27.4. The van der Waals surface area contributed by atoms with Gasteiger partial charge >= 0.3 is 11.7 Å². The van der Waals surface area contributed by atoms with Crippen LogP contribution in [0.1, 0.15) is 38.0 Å². The molecule has 0 bridgehead atoms. The summed E-state index contributed by atoms with van der Waals surface area (Å²) in [6.45, 7) is 6.05. The van der Waals surface area contributed by atoms with Gasteiger partial charge in [-0.1, -0.05) is 75.4 Å². The van der Waals surface area contributed by atoms with Crippen LogP contribution in [0.15, 0.2) is 107 Å². The number of nitrogens with one attached hydrogen (secondary N) is 2. The molecule has 1 atom stereocenters. The number of sulfonamides is 1. The minimum atomic E-state index is -4.38. The van der Waals surface area contributed by atoms with Crippen molar-refractivity contribution in [2.24, 2.45) is 4.40 Å². The number of benzene rings is 3. The zero-order chi connectivity index (χ0) is 32.9. The van der Waals surface area contributed by atoms with Crippen LogP contribution < -0.4 is 42.2 Å². The molecular formula is C33H31ClN5O7S-. The van der Waals surface area contributed by atoms with Gasteiger partial charge in [0.15, 0.2) is 17.6 Å². The molecule has 0 saturated heterocycles. The Morgan fingerprint density at radius 3 is 2.13 bits per heavy atom. The van der Waals surface area contributed by atoms with E-state index in [0.717, 1.165) is 5.56 Å². The molecular weight excluding hydrogens is 646 g/mol. The number of aromatic amines is 2. The number of carbonyl (C=O) groups excluding carboxylic acids is 1. The Morgan fingerprint density at radius 1 is 0.915 bits per heavy atom. The molecule has 12 nitrogen and oxygen atoms in total. The first-order valence-corrected chi connectivity index (χ1v) is 15.5. The van der Waals surface area contributed by atoms with Gasteiger partial charge in [0.05, 0.1) is 18.0 Å². The van der Waals surface area contributed by atoms with E-state index >= 15 is 0 Å². The number of carboxylic acid groups (broad SMARTS) is 1. The van der Waals surface area contributed by atoms with Gasteiger partial charge < -0.3 is 36.5 Å². The molecule has 0 saturated carbocycles. The Hall–Kier alpha value is -5.27. The van der Waals surface area contributed by atoms with Crippen molar-refractivity contribution in [3.8, 4) is 34.8 Å². The molecule has 2 aromatic heterocycles. The summed E-state index contributed by atoms with van der Waals surface area (Å²) in [6, 6.07) is 22.7. The maximum Gasteiger partial charge on any atom is 0.334 e. The van der Waals surface area contributed by atoms with E-state index in [1.54, 1.807) is 72.8 Å². The smallest absolute Gasteiger partial charge is 0.334 e. The standard InChI is InChI=1S/C33H31N5O7S.ClH/c1-33(2,3)22-15-17-23(18-16-22)46(41,42)38-28-27(44-25-14-9-8-13-24(25)43-4)31(37-30(36-28)29-34-19-10-20-35-29)45-26(32(39)40)21-11-6-5-7-12-21;/h5-20,26H,1-4H3,(H,39,40)(H,36,37,38);1H/p-1. The summed E-state index contributed by atoms with van der Waals surface area (Å²) >= 11 is 0. The van der Waals surface area contributed by atoms with Crippen LogP contribution in [0.2, 0.25) is 0 Å². The molecule has 47 heavy (non-hydrogen) atoms. The number of para-hydroxylation sites is 2. The summed E-state index contributed by atoms with van der Waals surface area (Å²) in [4.78, 5) is 26.5. The Kier molecular flexibility index (Phi) is 10.6. The molecule has 0 aliphatic heterocycles. The number of H-pyrrole nitrogens is 2. The average molecular weight is 677 g/mol. The quantitative estimate of drug-likeness (QED) is 0.222. The van der Waals surface area contributed by atoms with Gasteiger partial charge in [0.1, 0.15) is 0 Å². The monoisotopic (exact) mass is 676 g/mol. The van der Waals surface area contributed by atoms with Crippen molar-refractivity contribution >= 4 is 16.0 Å². The Bertz CT molecular complexity index is 2020. The molecule has 2 heterocycles. The lowest BCUT2D eigenvalue weighted by Crippen LogP contribution is -3.00. The van der Waals surface area contributed by atoms with Crippen LogP contribution in [0, 0.1) is 0 Å². The molecule has 0 fully saturated rings. The van der Waals surface area contributed by atoms with Crippen molar-refractivity contribution < 1.29 is 49.9 Å². The van der Waals surface area contributed by atoms with Gasteiger partial charge in [-0.2, -0.15) is 8.42 Å². The van der Waals surface area contributed by atoms with Gasteiger partial charge in [0.25, 0.3) is 21.3 Å². The normalized spacial score (nSPS) is 12.5. The third-order valence-electron chi connectivity index (χ3n) is 6.76. The maximum atomic E-state index is 13.7. The fourth-order valence-electron chi connectivity index (χ4n) is 4.38. The van der Waals surface area contributed by atoms with Crippen LogP contribution in [0.3, 0.4) is 0 Å². The number of aromatic nitrogens is 4. The number of ether oxygens (including phenoxy) is 3. The highest BCUT2D eigenvalue weighted by Crippen LogP contribution is 2.34. The second kappa shape index (κ2) is 14.4. The lowest BCUT2D eigenvalue weighted by Gasteiger charge is -2.20. The minimum Gasteiger partial charge on any atom is -1.00 e. The first kappa shape index (κ1) is 34.6. The number of carboxylic acids is 1. The van der Waals surface area contributed by atoms with Crippen molar-refractivity contribution in [3.63, 3.8) is 0 Å². The SMILES string of the molecule is COc1ccccc1Oc1c(OC(C(=O)[O-])c2ccccc2)[nH+]c(-c2ncccn2)[nH]c1=NS(=O)(=O)c1ccc(C(C)(C)C)cc1.[Cl-]. The third kappa shape index (κ3) is 8.12. The number of halogens is 1. The topological polar surface area (TPSA) is 170 Å². The molecule has 0 amide bonds. The van der Waals surface area contributed by atoms with E-state index in [2.05, 4.69) is 24.3 Å². The molecule has 0 aliphatic rings. The average Bonchev–Trinajstić information content (AvgIpc) is 3.05. The lowest BCUT2D eigenvalue weighted by atomic mass is 9.87. The lowest BCUT2D eigenvalue weighted by molar-refractivity contribution is -0.393. The summed E-state index contributed by atoms with van der Waals surface area (Å²) < 4.78 is 49.2. The van der Waals surface area contributed by atoms with E-state index in [1.165, 1.54) is 31.6 Å². The Balaban J connectivity index is 0.00000500. The summed E-state index contributed by atoms with van der Waals surface area (Å²) in [6.07, 6.45) is 1.31. The summed E-state index contributed by atoms with van der Waals surface area (Å²) in [7, 11) is -2.94. The van der Waals surface area contributed by atoms with Crippen LogP contribution >= 0.6 is 0 Å². The second-order valence-electron chi connectivity index (χ2n) is 11.0. The summed E-state index contributed by atoms with van der Waals surface area (Å²) in [5, 5.41) is 12.4. The minimum absolute atomic E-state index is 0. The third-order valence-corrected chi connectivity index (χ3v) is 8.05. The number of nitrogens with zero attached hydrogens (tertiary/aromatic N) is 3. The van der Waals surface area contributed by atoms with Crippen molar-refractivity contribution in [2.45, 2.75) is 37.2 Å². The number of carbonyl (C=O) groups is 1. The fourth-order valence-corrected chi connectivity index (χ4v) is 5.33. The summed E-state index contributed by atoms with van der Waals surface area (Å²) in [5.74, 6) is -1.54. The molecule has 0 spiro atoms. The van der Waals surface area contributed by atoms with Gasteiger partial charge in [-0.25, -0.2) is 19.9 Å².